The molecule has 0 saturated carbocycles. The van der Waals surface area contributed by atoms with Gasteiger partial charge in [0.05, 0.1) is 0 Å². The molecular weight excluding hydrogens is 181 g/mol. The van der Waals surface area contributed by atoms with Crippen molar-refractivity contribution in [2.75, 3.05) is 0 Å². The highest BCUT2D eigenvalue weighted by atomic mass is 19.1. The lowest BCUT2D eigenvalue weighted by Crippen LogP contribution is -2.52. The molecule has 0 radical (unpaired) electrons. The van der Waals surface area contributed by atoms with Crippen LogP contribution < -0.4 is 5.73 Å². The highest BCUT2D eigenvalue weighted by Crippen LogP contribution is 2.30. The van der Waals surface area contributed by atoms with E-state index in [-0.39, 0.29) is 5.82 Å². The van der Waals surface area contributed by atoms with Crippen molar-refractivity contribution in [1.29, 1.82) is 0 Å². The third-order valence-corrected chi connectivity index (χ3v) is 2.64. The molecule has 0 heterocycles. The largest absolute Gasteiger partial charge is 0.384 e. The van der Waals surface area contributed by atoms with Crippen LogP contribution in [-0.2, 0) is 5.60 Å². The maximum atomic E-state index is 12.9. The fraction of sp³-hybridized carbons (Fsp3) is 0.455. The number of hydrogen-bond donors (Lipinski definition) is 2. The Bertz CT molecular complexity index is 328. The van der Waals surface area contributed by atoms with Crippen molar-refractivity contribution in [2.24, 2.45) is 5.73 Å². The first-order chi connectivity index (χ1) is 6.25. The molecule has 0 aromatic heterocycles. The van der Waals surface area contributed by atoms with Gasteiger partial charge in [0.1, 0.15) is 11.4 Å². The second-order valence-corrected chi connectivity index (χ2v) is 4.30. The van der Waals surface area contributed by atoms with Crippen molar-refractivity contribution in [3.05, 3.63) is 35.6 Å². The van der Waals surface area contributed by atoms with Crippen molar-refractivity contribution >= 4 is 0 Å². The summed E-state index contributed by atoms with van der Waals surface area (Å²) in [5.74, 6) is -0.368. The van der Waals surface area contributed by atoms with Gasteiger partial charge < -0.3 is 10.8 Å². The zero-order valence-electron chi connectivity index (χ0n) is 8.71. The second kappa shape index (κ2) is 3.33. The lowest BCUT2D eigenvalue weighted by atomic mass is 9.79. The van der Waals surface area contributed by atoms with Crippen LogP contribution in [0.3, 0.4) is 0 Å². The Hall–Kier alpha value is -0.930. The molecule has 1 atom stereocenters. The Morgan fingerprint density at radius 2 is 1.86 bits per heavy atom. The van der Waals surface area contributed by atoms with Crippen LogP contribution in [0, 0.1) is 5.82 Å². The lowest BCUT2D eigenvalue weighted by Gasteiger charge is -2.37. The van der Waals surface area contributed by atoms with Gasteiger partial charge in [-0.1, -0.05) is 12.1 Å². The van der Waals surface area contributed by atoms with Gasteiger partial charge in [-0.15, -0.1) is 0 Å². The van der Waals surface area contributed by atoms with E-state index in [0.717, 1.165) is 0 Å². The van der Waals surface area contributed by atoms with Crippen molar-refractivity contribution in [1.82, 2.24) is 0 Å². The summed E-state index contributed by atoms with van der Waals surface area (Å²) in [6.45, 7) is 5.00. The summed E-state index contributed by atoms with van der Waals surface area (Å²) in [5, 5.41) is 10.2. The molecule has 0 fully saturated rings. The van der Waals surface area contributed by atoms with E-state index in [0.29, 0.717) is 5.56 Å². The van der Waals surface area contributed by atoms with Gasteiger partial charge in [-0.3, -0.25) is 0 Å². The minimum atomic E-state index is -1.24. The fourth-order valence-electron chi connectivity index (χ4n) is 1.16. The topological polar surface area (TPSA) is 46.2 Å². The number of aliphatic hydroxyl groups is 1. The number of rotatable bonds is 2. The number of nitrogens with two attached hydrogens (primary N) is 1. The molecule has 0 bridgehead atoms. The van der Waals surface area contributed by atoms with Crippen LogP contribution in [-0.4, -0.2) is 10.6 Å². The number of halogens is 1. The molecule has 0 aliphatic rings. The monoisotopic (exact) mass is 197 g/mol. The summed E-state index contributed by atoms with van der Waals surface area (Å²) >= 11 is 0. The minimum Gasteiger partial charge on any atom is -0.384 e. The average molecular weight is 197 g/mol. The standard InChI is InChI=1S/C11H16FNO/c1-10(2,13)11(3,14)8-5-4-6-9(12)7-8/h4-7,14H,13H2,1-3H3. The third-order valence-electron chi connectivity index (χ3n) is 2.64. The van der Waals surface area contributed by atoms with Gasteiger partial charge in [0, 0.05) is 5.54 Å². The van der Waals surface area contributed by atoms with E-state index in [1.54, 1.807) is 32.9 Å². The van der Waals surface area contributed by atoms with E-state index >= 15 is 0 Å². The lowest BCUT2D eigenvalue weighted by molar-refractivity contribution is -0.00893. The summed E-state index contributed by atoms with van der Waals surface area (Å²) in [7, 11) is 0. The molecule has 78 valence electrons. The summed E-state index contributed by atoms with van der Waals surface area (Å²) in [4.78, 5) is 0. The first-order valence-electron chi connectivity index (χ1n) is 4.52. The third kappa shape index (κ3) is 1.94. The Kier molecular flexibility index (Phi) is 2.65. The molecule has 1 rings (SSSR count). The summed E-state index contributed by atoms with van der Waals surface area (Å²) in [5.41, 5.74) is 4.25. The first kappa shape index (κ1) is 11.1. The molecule has 14 heavy (non-hydrogen) atoms. The normalized spacial score (nSPS) is 16.4. The minimum absolute atomic E-state index is 0.368. The molecule has 2 nitrogen and oxygen atoms in total. The van der Waals surface area contributed by atoms with Crippen LogP contribution in [0.25, 0.3) is 0 Å². The fourth-order valence-corrected chi connectivity index (χ4v) is 1.16. The smallest absolute Gasteiger partial charge is 0.123 e. The van der Waals surface area contributed by atoms with Crippen molar-refractivity contribution < 1.29 is 9.50 Å². The average Bonchev–Trinajstić information content (AvgIpc) is 2.02. The van der Waals surface area contributed by atoms with Gasteiger partial charge in [0.2, 0.25) is 0 Å². The maximum absolute atomic E-state index is 12.9. The van der Waals surface area contributed by atoms with Gasteiger partial charge in [-0.25, -0.2) is 4.39 Å². The molecule has 1 unspecified atom stereocenters. The number of benzene rings is 1. The molecule has 0 spiro atoms. The molecule has 0 amide bonds. The van der Waals surface area contributed by atoms with Crippen LogP contribution >= 0.6 is 0 Å². The summed E-state index contributed by atoms with van der Waals surface area (Å²) in [6, 6.07) is 5.86. The Morgan fingerprint density at radius 3 is 2.29 bits per heavy atom. The first-order valence-corrected chi connectivity index (χ1v) is 4.52. The molecule has 1 aromatic carbocycles. The summed E-state index contributed by atoms with van der Waals surface area (Å²) < 4.78 is 12.9. The van der Waals surface area contributed by atoms with Crippen molar-refractivity contribution in [2.45, 2.75) is 31.9 Å². The van der Waals surface area contributed by atoms with E-state index in [2.05, 4.69) is 0 Å². The quantitative estimate of drug-likeness (QED) is 0.759. The van der Waals surface area contributed by atoms with Crippen LogP contribution in [0.5, 0.6) is 0 Å². The number of hydrogen-bond acceptors (Lipinski definition) is 2. The van der Waals surface area contributed by atoms with E-state index in [9.17, 15) is 9.50 Å². The zero-order valence-corrected chi connectivity index (χ0v) is 8.71. The van der Waals surface area contributed by atoms with Crippen LogP contribution in [0.4, 0.5) is 4.39 Å². The van der Waals surface area contributed by atoms with Gasteiger partial charge in [0.15, 0.2) is 0 Å². The maximum Gasteiger partial charge on any atom is 0.123 e. The van der Waals surface area contributed by atoms with Crippen LogP contribution in [0.15, 0.2) is 24.3 Å². The SMILES string of the molecule is CC(C)(N)C(C)(O)c1cccc(F)c1. The molecule has 0 saturated heterocycles. The Labute approximate surface area is 83.6 Å². The van der Waals surface area contributed by atoms with Gasteiger partial charge in [-0.2, -0.15) is 0 Å². The molecule has 0 aliphatic heterocycles. The van der Waals surface area contributed by atoms with E-state index < -0.39 is 11.1 Å². The van der Waals surface area contributed by atoms with Gasteiger partial charge in [-0.05, 0) is 38.5 Å². The molecule has 0 aliphatic carbocycles. The highest BCUT2D eigenvalue weighted by Gasteiger charge is 2.37. The van der Waals surface area contributed by atoms with E-state index in [1.165, 1.54) is 12.1 Å². The van der Waals surface area contributed by atoms with Gasteiger partial charge >= 0.3 is 0 Å². The highest BCUT2D eigenvalue weighted by molar-refractivity contribution is 5.26. The summed E-state index contributed by atoms with van der Waals surface area (Å²) in [6.07, 6.45) is 0. The predicted molar refractivity (Wildman–Crippen MR) is 54.2 cm³/mol. The molecule has 1 aromatic rings. The Balaban J connectivity index is 3.16. The Morgan fingerprint density at radius 1 is 1.29 bits per heavy atom. The molecule has 3 N–H and O–H groups in total. The van der Waals surface area contributed by atoms with Crippen LogP contribution in [0.2, 0.25) is 0 Å². The van der Waals surface area contributed by atoms with E-state index in [4.69, 9.17) is 5.73 Å². The molecular formula is C11H16FNO. The van der Waals surface area contributed by atoms with Crippen molar-refractivity contribution in [3.63, 3.8) is 0 Å². The van der Waals surface area contributed by atoms with Crippen LogP contribution in [0.1, 0.15) is 26.3 Å². The zero-order chi connectivity index (χ0) is 11.0. The predicted octanol–water partition coefficient (Wildman–Crippen LogP) is 1.77. The van der Waals surface area contributed by atoms with Crippen molar-refractivity contribution in [3.8, 4) is 0 Å². The second-order valence-electron chi connectivity index (χ2n) is 4.30. The van der Waals surface area contributed by atoms with Gasteiger partial charge in [0.25, 0.3) is 0 Å². The molecule has 3 heteroatoms. The van der Waals surface area contributed by atoms with E-state index in [1.807, 2.05) is 0 Å².